The molecule has 0 aliphatic carbocycles. The molecule has 162 valence electrons. The lowest BCUT2D eigenvalue weighted by Gasteiger charge is -2.36. The fourth-order valence-corrected chi connectivity index (χ4v) is 4.52. The van der Waals surface area contributed by atoms with Crippen molar-refractivity contribution >= 4 is 23.4 Å². The summed E-state index contributed by atoms with van der Waals surface area (Å²) in [5.74, 6) is 2.14. The van der Waals surface area contributed by atoms with E-state index in [2.05, 4.69) is 39.1 Å². The van der Waals surface area contributed by atoms with Crippen LogP contribution in [0.5, 0.6) is 5.75 Å². The zero-order valence-electron chi connectivity index (χ0n) is 17.8. The number of carbonyl (C=O) groups excluding carboxylic acids is 1. The lowest BCUT2D eigenvalue weighted by Crippen LogP contribution is -2.49. The molecular formula is C22H26N6O2S. The average Bonchev–Trinajstić information content (AvgIpc) is 3.26. The molecule has 0 unspecified atom stereocenters. The first-order valence-corrected chi connectivity index (χ1v) is 11.3. The molecule has 0 radical (unpaired) electrons. The van der Waals surface area contributed by atoms with Crippen molar-refractivity contribution < 1.29 is 9.53 Å². The van der Waals surface area contributed by atoms with Crippen LogP contribution in [0.25, 0.3) is 11.4 Å². The zero-order valence-corrected chi connectivity index (χ0v) is 18.6. The largest absolute Gasteiger partial charge is 0.497 e. The number of hydrogen-bond acceptors (Lipinski definition) is 7. The molecule has 2 aromatic heterocycles. The van der Waals surface area contributed by atoms with E-state index in [-0.39, 0.29) is 5.91 Å². The van der Waals surface area contributed by atoms with E-state index in [1.54, 1.807) is 19.5 Å². The van der Waals surface area contributed by atoms with Gasteiger partial charge in [0.15, 0.2) is 11.0 Å². The molecule has 1 fully saturated rings. The molecule has 0 spiro atoms. The molecule has 9 heteroatoms. The van der Waals surface area contributed by atoms with Gasteiger partial charge in [-0.15, -0.1) is 10.2 Å². The van der Waals surface area contributed by atoms with Gasteiger partial charge in [0.1, 0.15) is 5.75 Å². The number of ether oxygens (including phenoxy) is 1. The number of methoxy groups -OCH3 is 1. The van der Waals surface area contributed by atoms with Gasteiger partial charge in [-0.2, -0.15) is 0 Å². The van der Waals surface area contributed by atoms with Gasteiger partial charge in [0.2, 0.25) is 5.91 Å². The van der Waals surface area contributed by atoms with Gasteiger partial charge in [0.05, 0.1) is 12.9 Å². The number of aromatic nitrogens is 4. The Balaban J connectivity index is 1.32. The summed E-state index contributed by atoms with van der Waals surface area (Å²) in [5, 5.41) is 9.40. The predicted molar refractivity (Wildman–Crippen MR) is 121 cm³/mol. The van der Waals surface area contributed by atoms with Gasteiger partial charge in [-0.1, -0.05) is 11.8 Å². The van der Waals surface area contributed by atoms with E-state index in [4.69, 9.17) is 4.74 Å². The summed E-state index contributed by atoms with van der Waals surface area (Å²) in [6.45, 7) is 5.86. The van der Waals surface area contributed by atoms with Crippen LogP contribution in [-0.4, -0.2) is 69.6 Å². The van der Waals surface area contributed by atoms with Gasteiger partial charge in [-0.3, -0.25) is 9.78 Å². The number of piperazine rings is 1. The lowest BCUT2D eigenvalue weighted by molar-refractivity contribution is -0.128. The van der Waals surface area contributed by atoms with E-state index in [1.165, 1.54) is 11.8 Å². The maximum atomic E-state index is 12.8. The highest BCUT2D eigenvalue weighted by Crippen LogP contribution is 2.24. The Hall–Kier alpha value is -3.07. The third-order valence-corrected chi connectivity index (χ3v) is 6.32. The number of benzene rings is 1. The van der Waals surface area contributed by atoms with E-state index >= 15 is 0 Å². The molecule has 0 N–H and O–H groups in total. The van der Waals surface area contributed by atoms with Crippen LogP contribution in [0, 0.1) is 0 Å². The van der Waals surface area contributed by atoms with Crippen molar-refractivity contribution in [1.29, 1.82) is 0 Å². The average molecular weight is 439 g/mol. The third kappa shape index (κ3) is 4.82. The third-order valence-electron chi connectivity index (χ3n) is 5.37. The molecule has 3 aromatic rings. The van der Waals surface area contributed by atoms with Crippen LogP contribution in [0.3, 0.4) is 0 Å². The first-order chi connectivity index (χ1) is 15.2. The summed E-state index contributed by atoms with van der Waals surface area (Å²) in [4.78, 5) is 21.1. The highest BCUT2D eigenvalue weighted by molar-refractivity contribution is 7.99. The van der Waals surface area contributed by atoms with Crippen molar-refractivity contribution in [3.63, 3.8) is 0 Å². The van der Waals surface area contributed by atoms with Crippen molar-refractivity contribution in [2.45, 2.75) is 18.6 Å². The zero-order chi connectivity index (χ0) is 21.6. The quantitative estimate of drug-likeness (QED) is 0.525. The van der Waals surface area contributed by atoms with Gasteiger partial charge >= 0.3 is 0 Å². The van der Waals surface area contributed by atoms with Crippen LogP contribution in [0.1, 0.15) is 6.92 Å². The maximum Gasteiger partial charge on any atom is 0.233 e. The Kier molecular flexibility index (Phi) is 6.71. The molecule has 0 atom stereocenters. The summed E-state index contributed by atoms with van der Waals surface area (Å²) in [5.41, 5.74) is 2.12. The number of hydrogen-bond donors (Lipinski definition) is 0. The topological polar surface area (TPSA) is 76.4 Å². The van der Waals surface area contributed by atoms with Gasteiger partial charge in [-0.05, 0) is 43.3 Å². The number of thioether (sulfide) groups is 1. The number of amides is 1. The van der Waals surface area contributed by atoms with Gasteiger partial charge in [-0.25, -0.2) is 0 Å². The summed E-state index contributed by atoms with van der Waals surface area (Å²) in [7, 11) is 1.67. The highest BCUT2D eigenvalue weighted by Gasteiger charge is 2.22. The Bertz CT molecular complexity index is 1000. The molecule has 3 heterocycles. The highest BCUT2D eigenvalue weighted by atomic mass is 32.2. The smallest absolute Gasteiger partial charge is 0.233 e. The molecule has 0 bridgehead atoms. The minimum Gasteiger partial charge on any atom is -0.497 e. The first kappa shape index (κ1) is 21.2. The monoisotopic (exact) mass is 438 g/mol. The van der Waals surface area contributed by atoms with Crippen LogP contribution in [0.2, 0.25) is 0 Å². The molecular weight excluding hydrogens is 412 g/mol. The fraction of sp³-hybridized carbons (Fsp3) is 0.364. The van der Waals surface area contributed by atoms with Crippen molar-refractivity contribution in [1.82, 2.24) is 24.6 Å². The Morgan fingerprint density at radius 2 is 1.74 bits per heavy atom. The number of rotatable bonds is 7. The molecule has 4 rings (SSSR count). The van der Waals surface area contributed by atoms with E-state index in [0.717, 1.165) is 47.6 Å². The SMILES string of the molecule is CCn1c(SCC(=O)N2CCN(c3ccc(OC)cc3)CC2)nnc1-c1ccncc1. The van der Waals surface area contributed by atoms with E-state index in [9.17, 15) is 4.79 Å². The predicted octanol–water partition coefficient (Wildman–Crippen LogP) is 2.81. The van der Waals surface area contributed by atoms with Crippen LogP contribution in [-0.2, 0) is 11.3 Å². The van der Waals surface area contributed by atoms with Crippen LogP contribution < -0.4 is 9.64 Å². The van der Waals surface area contributed by atoms with Crippen LogP contribution >= 0.6 is 11.8 Å². The number of anilines is 1. The van der Waals surface area contributed by atoms with Gasteiger partial charge in [0.25, 0.3) is 0 Å². The van der Waals surface area contributed by atoms with Crippen LogP contribution in [0.15, 0.2) is 53.9 Å². The Morgan fingerprint density at radius 1 is 1.03 bits per heavy atom. The van der Waals surface area contributed by atoms with Crippen molar-refractivity contribution in [2.75, 3.05) is 43.9 Å². The molecule has 1 saturated heterocycles. The molecule has 8 nitrogen and oxygen atoms in total. The standard InChI is InChI=1S/C22H26N6O2S/c1-3-28-21(17-8-10-23-11-9-17)24-25-22(28)31-16-20(29)27-14-12-26(13-15-27)18-4-6-19(30-2)7-5-18/h4-11H,3,12-16H2,1-2H3. The van der Waals surface area contributed by atoms with Crippen LogP contribution in [0.4, 0.5) is 5.69 Å². The molecule has 31 heavy (non-hydrogen) atoms. The molecule has 1 aliphatic heterocycles. The summed E-state index contributed by atoms with van der Waals surface area (Å²) in [6.07, 6.45) is 3.48. The fourth-order valence-electron chi connectivity index (χ4n) is 3.62. The maximum absolute atomic E-state index is 12.8. The van der Waals surface area contributed by atoms with E-state index in [0.29, 0.717) is 18.8 Å². The second-order valence-electron chi connectivity index (χ2n) is 7.14. The molecule has 1 amide bonds. The molecule has 1 aromatic carbocycles. The van der Waals surface area contributed by atoms with Gasteiger partial charge in [0, 0.05) is 56.4 Å². The minimum absolute atomic E-state index is 0.135. The summed E-state index contributed by atoms with van der Waals surface area (Å²) in [6, 6.07) is 11.9. The summed E-state index contributed by atoms with van der Waals surface area (Å²) >= 11 is 1.45. The number of pyridine rings is 1. The van der Waals surface area contributed by atoms with Crippen molar-refractivity contribution in [3.8, 4) is 17.1 Å². The summed E-state index contributed by atoms with van der Waals surface area (Å²) < 4.78 is 7.26. The van der Waals surface area contributed by atoms with E-state index in [1.807, 2.05) is 33.7 Å². The Morgan fingerprint density at radius 3 is 2.39 bits per heavy atom. The second-order valence-corrected chi connectivity index (χ2v) is 8.08. The first-order valence-electron chi connectivity index (χ1n) is 10.3. The lowest BCUT2D eigenvalue weighted by atomic mass is 10.2. The van der Waals surface area contributed by atoms with Crippen molar-refractivity contribution in [2.24, 2.45) is 0 Å². The normalized spacial score (nSPS) is 14.0. The number of nitrogens with zero attached hydrogens (tertiary/aromatic N) is 6. The molecule has 0 saturated carbocycles. The number of carbonyl (C=O) groups is 1. The molecule has 1 aliphatic rings. The Labute approximate surface area is 186 Å². The van der Waals surface area contributed by atoms with E-state index < -0.39 is 0 Å². The second kappa shape index (κ2) is 9.82. The van der Waals surface area contributed by atoms with Gasteiger partial charge < -0.3 is 19.1 Å². The minimum atomic E-state index is 0.135. The van der Waals surface area contributed by atoms with Crippen molar-refractivity contribution in [3.05, 3.63) is 48.8 Å².